The van der Waals surface area contributed by atoms with Gasteiger partial charge >= 0.3 is 0 Å². The van der Waals surface area contributed by atoms with Gasteiger partial charge in [0, 0.05) is 36.2 Å². The molecule has 1 aromatic heterocycles. The molecule has 6 nitrogen and oxygen atoms in total. The van der Waals surface area contributed by atoms with Crippen LogP contribution in [0.5, 0.6) is 5.75 Å². The second-order valence-electron chi connectivity index (χ2n) is 5.39. The SMILES string of the molecule is CCN1CCc2nc3ccc(OC)cc3c(C(=O)NN)c2C1. The van der Waals surface area contributed by atoms with Gasteiger partial charge in [0.1, 0.15) is 5.75 Å². The van der Waals surface area contributed by atoms with Gasteiger partial charge in [-0.25, -0.2) is 5.84 Å². The van der Waals surface area contributed by atoms with Gasteiger partial charge in [0.05, 0.1) is 18.2 Å². The van der Waals surface area contributed by atoms with Crippen molar-refractivity contribution in [1.29, 1.82) is 0 Å². The number of likely N-dealkylation sites (N-methyl/N-ethyl adjacent to an activating group) is 1. The summed E-state index contributed by atoms with van der Waals surface area (Å²) in [6.45, 7) is 4.74. The molecule has 0 spiro atoms. The van der Waals surface area contributed by atoms with Gasteiger partial charge in [-0.2, -0.15) is 0 Å². The Kier molecular flexibility index (Phi) is 3.96. The molecular weight excluding hydrogens is 280 g/mol. The fourth-order valence-corrected chi connectivity index (χ4v) is 3.00. The number of nitrogen functional groups attached to an aromatic ring is 1. The van der Waals surface area contributed by atoms with Crippen LogP contribution in [-0.2, 0) is 13.0 Å². The Morgan fingerprint density at radius 3 is 3.00 bits per heavy atom. The molecule has 6 heteroatoms. The van der Waals surface area contributed by atoms with Crippen molar-refractivity contribution in [1.82, 2.24) is 15.3 Å². The number of fused-ring (bicyclic) bond motifs is 2. The Morgan fingerprint density at radius 1 is 1.50 bits per heavy atom. The lowest BCUT2D eigenvalue weighted by Gasteiger charge is -2.29. The highest BCUT2D eigenvalue weighted by molar-refractivity contribution is 6.07. The van der Waals surface area contributed by atoms with Crippen LogP contribution in [0.1, 0.15) is 28.5 Å². The molecule has 3 rings (SSSR count). The second-order valence-corrected chi connectivity index (χ2v) is 5.39. The summed E-state index contributed by atoms with van der Waals surface area (Å²) < 4.78 is 5.28. The minimum atomic E-state index is -0.283. The number of nitrogens with two attached hydrogens (primary N) is 1. The Morgan fingerprint density at radius 2 is 2.32 bits per heavy atom. The van der Waals surface area contributed by atoms with Gasteiger partial charge in [-0.05, 0) is 24.7 Å². The average Bonchev–Trinajstić information content (AvgIpc) is 2.57. The first-order valence-corrected chi connectivity index (χ1v) is 7.40. The quantitative estimate of drug-likeness (QED) is 0.506. The number of nitrogens with one attached hydrogen (secondary N) is 1. The third-order valence-electron chi connectivity index (χ3n) is 4.23. The second kappa shape index (κ2) is 5.90. The lowest BCUT2D eigenvalue weighted by atomic mass is 9.95. The van der Waals surface area contributed by atoms with Gasteiger partial charge in [-0.1, -0.05) is 6.92 Å². The number of hydrogen-bond donors (Lipinski definition) is 2. The number of hydrogen-bond acceptors (Lipinski definition) is 5. The summed E-state index contributed by atoms with van der Waals surface area (Å²) in [5.74, 6) is 5.82. The van der Waals surface area contributed by atoms with E-state index in [2.05, 4.69) is 17.2 Å². The third kappa shape index (κ3) is 2.40. The van der Waals surface area contributed by atoms with Crippen LogP contribution < -0.4 is 16.0 Å². The van der Waals surface area contributed by atoms with E-state index in [4.69, 9.17) is 15.6 Å². The number of methoxy groups -OCH3 is 1. The predicted molar refractivity (Wildman–Crippen MR) is 84.6 cm³/mol. The number of ether oxygens (including phenoxy) is 1. The first-order valence-electron chi connectivity index (χ1n) is 7.40. The summed E-state index contributed by atoms with van der Waals surface area (Å²) in [5.41, 5.74) is 5.63. The molecule has 2 heterocycles. The van der Waals surface area contributed by atoms with E-state index in [1.54, 1.807) is 7.11 Å². The number of nitrogens with zero attached hydrogens (tertiary/aromatic N) is 2. The van der Waals surface area contributed by atoms with Crippen molar-refractivity contribution in [3.63, 3.8) is 0 Å². The highest BCUT2D eigenvalue weighted by Crippen LogP contribution is 2.30. The molecule has 1 aliphatic heterocycles. The number of carbonyl (C=O) groups excluding carboxylic acids is 1. The lowest BCUT2D eigenvalue weighted by molar-refractivity contribution is 0.0952. The molecule has 0 fully saturated rings. The minimum absolute atomic E-state index is 0.283. The maximum atomic E-state index is 12.4. The van der Waals surface area contributed by atoms with Crippen LogP contribution in [-0.4, -0.2) is 36.0 Å². The monoisotopic (exact) mass is 300 g/mol. The molecule has 0 saturated carbocycles. The molecule has 0 aliphatic carbocycles. The van der Waals surface area contributed by atoms with Gasteiger partial charge < -0.3 is 4.74 Å². The summed E-state index contributed by atoms with van der Waals surface area (Å²) >= 11 is 0. The topological polar surface area (TPSA) is 80.5 Å². The van der Waals surface area contributed by atoms with E-state index in [-0.39, 0.29) is 5.91 Å². The smallest absolute Gasteiger partial charge is 0.266 e. The number of amides is 1. The number of rotatable bonds is 3. The van der Waals surface area contributed by atoms with Gasteiger partial charge in [0.25, 0.3) is 5.91 Å². The minimum Gasteiger partial charge on any atom is -0.497 e. The molecule has 3 N–H and O–H groups in total. The number of benzene rings is 1. The summed E-state index contributed by atoms with van der Waals surface area (Å²) in [4.78, 5) is 19.4. The van der Waals surface area contributed by atoms with Crippen LogP contribution in [0, 0.1) is 0 Å². The molecule has 1 aliphatic rings. The van der Waals surface area contributed by atoms with Crippen LogP contribution in [0.25, 0.3) is 10.9 Å². The molecule has 22 heavy (non-hydrogen) atoms. The van der Waals surface area contributed by atoms with Gasteiger partial charge in [0.15, 0.2) is 0 Å². The normalized spacial score (nSPS) is 14.7. The molecule has 1 amide bonds. The predicted octanol–water partition coefficient (Wildman–Crippen LogP) is 1.22. The van der Waals surface area contributed by atoms with Crippen molar-refractivity contribution in [2.45, 2.75) is 19.9 Å². The highest BCUT2D eigenvalue weighted by Gasteiger charge is 2.25. The third-order valence-corrected chi connectivity index (χ3v) is 4.23. The molecule has 0 unspecified atom stereocenters. The summed E-state index contributed by atoms with van der Waals surface area (Å²) in [6.07, 6.45) is 0.843. The van der Waals surface area contributed by atoms with Crippen molar-refractivity contribution in [3.8, 4) is 5.75 Å². The van der Waals surface area contributed by atoms with Crippen molar-refractivity contribution in [2.75, 3.05) is 20.2 Å². The Bertz CT molecular complexity index is 730. The van der Waals surface area contributed by atoms with E-state index in [9.17, 15) is 4.79 Å². The van der Waals surface area contributed by atoms with Gasteiger partial charge in [-0.15, -0.1) is 0 Å². The van der Waals surface area contributed by atoms with Crippen LogP contribution in [0.15, 0.2) is 18.2 Å². The van der Waals surface area contributed by atoms with E-state index in [1.807, 2.05) is 18.2 Å². The number of pyridine rings is 1. The van der Waals surface area contributed by atoms with E-state index in [1.165, 1.54) is 0 Å². The van der Waals surface area contributed by atoms with Crippen LogP contribution in [0.4, 0.5) is 0 Å². The maximum Gasteiger partial charge on any atom is 0.266 e. The van der Waals surface area contributed by atoms with Crippen molar-refractivity contribution < 1.29 is 9.53 Å². The largest absolute Gasteiger partial charge is 0.497 e. The maximum absolute atomic E-state index is 12.4. The number of hydrazine groups is 1. The van der Waals surface area contributed by atoms with Gasteiger partial charge in [-0.3, -0.25) is 20.1 Å². The van der Waals surface area contributed by atoms with Crippen molar-refractivity contribution in [3.05, 3.63) is 35.0 Å². The molecule has 116 valence electrons. The fraction of sp³-hybridized carbons (Fsp3) is 0.375. The zero-order valence-corrected chi connectivity index (χ0v) is 12.8. The zero-order chi connectivity index (χ0) is 15.7. The summed E-state index contributed by atoms with van der Waals surface area (Å²) in [5, 5.41) is 0.777. The Balaban J connectivity index is 2.27. The van der Waals surface area contributed by atoms with E-state index in [0.717, 1.165) is 48.2 Å². The number of carbonyl (C=O) groups is 1. The van der Waals surface area contributed by atoms with Gasteiger partial charge in [0.2, 0.25) is 0 Å². The van der Waals surface area contributed by atoms with Crippen molar-refractivity contribution >= 4 is 16.8 Å². The summed E-state index contributed by atoms with van der Waals surface area (Å²) in [7, 11) is 1.61. The fourth-order valence-electron chi connectivity index (χ4n) is 3.00. The average molecular weight is 300 g/mol. The molecule has 2 aromatic rings. The van der Waals surface area contributed by atoms with E-state index >= 15 is 0 Å². The van der Waals surface area contributed by atoms with Crippen molar-refractivity contribution in [2.24, 2.45) is 5.84 Å². The number of aromatic nitrogens is 1. The lowest BCUT2D eigenvalue weighted by Crippen LogP contribution is -2.36. The zero-order valence-electron chi connectivity index (χ0n) is 12.8. The standard InChI is InChI=1S/C16H20N4O2/c1-3-20-7-6-14-12(9-20)15(16(21)19-17)11-8-10(22-2)4-5-13(11)18-14/h4-5,8H,3,6-7,9,17H2,1-2H3,(H,19,21). The molecule has 0 atom stereocenters. The van der Waals surface area contributed by atoms with Crippen LogP contribution in [0.3, 0.4) is 0 Å². The molecule has 0 saturated heterocycles. The molecule has 0 radical (unpaired) electrons. The van der Waals surface area contributed by atoms with E-state index < -0.39 is 0 Å². The molecule has 1 aromatic carbocycles. The first kappa shape index (κ1) is 14.7. The molecular formula is C16H20N4O2. The Hall–Kier alpha value is -2.18. The Labute approximate surface area is 129 Å². The first-order chi connectivity index (χ1) is 10.7. The van der Waals surface area contributed by atoms with Crippen LogP contribution in [0.2, 0.25) is 0 Å². The molecule has 0 bridgehead atoms. The highest BCUT2D eigenvalue weighted by atomic mass is 16.5. The van der Waals surface area contributed by atoms with E-state index in [0.29, 0.717) is 11.3 Å². The van der Waals surface area contributed by atoms with Crippen LogP contribution >= 0.6 is 0 Å². The summed E-state index contributed by atoms with van der Waals surface area (Å²) in [6, 6.07) is 5.58.